The van der Waals surface area contributed by atoms with E-state index in [4.69, 9.17) is 14.3 Å². The van der Waals surface area contributed by atoms with Crippen LogP contribution in [0.25, 0.3) is 0 Å². The molecular weight excluding hydrogens is 196 g/mol. The molecule has 2 unspecified atom stereocenters. The van der Waals surface area contributed by atoms with Crippen molar-refractivity contribution in [3.05, 3.63) is 12.0 Å². The van der Waals surface area contributed by atoms with Crippen molar-refractivity contribution in [3.8, 4) is 0 Å². The molecule has 0 radical (unpaired) electrons. The monoisotopic (exact) mass is 212 g/mol. The largest absolute Gasteiger partial charge is 0.432 e. The number of oxazole rings is 1. The molecule has 0 aliphatic carbocycles. The van der Waals surface area contributed by atoms with Gasteiger partial charge >= 0.3 is 0 Å². The van der Waals surface area contributed by atoms with Gasteiger partial charge in [-0.3, -0.25) is 0 Å². The van der Waals surface area contributed by atoms with Gasteiger partial charge in [-0.05, 0) is 13.3 Å². The quantitative estimate of drug-likeness (QED) is 0.802. The number of aliphatic hydroxyl groups is 1. The molecule has 2 heterocycles. The van der Waals surface area contributed by atoms with Crippen LogP contribution in [0.2, 0.25) is 0 Å². The van der Waals surface area contributed by atoms with Crippen molar-refractivity contribution in [2.24, 2.45) is 0 Å². The number of nitrogens with zero attached hydrogens (tertiary/aromatic N) is 2. The first-order valence-electron chi connectivity index (χ1n) is 5.12. The second-order valence-corrected chi connectivity index (χ2v) is 3.82. The van der Waals surface area contributed by atoms with E-state index in [9.17, 15) is 0 Å². The lowest BCUT2D eigenvalue weighted by molar-refractivity contribution is 0.117. The Bertz CT molecular complexity index is 326. The number of hydrogen-bond acceptors (Lipinski definition) is 5. The standard InChI is InChI=1S/C10H16N2O3/c1-7-9(3-4-14-7)12(2)10-11-8(5-13)6-15-10/h6-7,9,13H,3-5H2,1-2H3. The Morgan fingerprint density at radius 2 is 2.47 bits per heavy atom. The zero-order valence-electron chi connectivity index (χ0n) is 9.01. The molecule has 0 amide bonds. The van der Waals surface area contributed by atoms with Gasteiger partial charge < -0.3 is 19.2 Å². The van der Waals surface area contributed by atoms with Crippen molar-refractivity contribution in [2.75, 3.05) is 18.6 Å². The second-order valence-electron chi connectivity index (χ2n) is 3.82. The van der Waals surface area contributed by atoms with E-state index < -0.39 is 0 Å². The molecule has 0 aromatic carbocycles. The average Bonchev–Trinajstić information content (AvgIpc) is 2.84. The molecule has 1 saturated heterocycles. The predicted octanol–water partition coefficient (Wildman–Crippen LogP) is 0.780. The topological polar surface area (TPSA) is 58.7 Å². The summed E-state index contributed by atoms with van der Waals surface area (Å²) in [5.41, 5.74) is 0.559. The van der Waals surface area contributed by atoms with E-state index in [2.05, 4.69) is 4.98 Å². The Labute approximate surface area is 88.7 Å². The maximum absolute atomic E-state index is 8.88. The molecule has 1 aliphatic rings. The van der Waals surface area contributed by atoms with Crippen LogP contribution < -0.4 is 4.90 Å². The van der Waals surface area contributed by atoms with Gasteiger partial charge in [-0.2, -0.15) is 4.98 Å². The van der Waals surface area contributed by atoms with Gasteiger partial charge in [0.05, 0.1) is 18.8 Å². The van der Waals surface area contributed by atoms with Crippen molar-refractivity contribution in [3.63, 3.8) is 0 Å². The van der Waals surface area contributed by atoms with Crippen LogP contribution in [0, 0.1) is 0 Å². The van der Waals surface area contributed by atoms with Gasteiger partial charge in [0.25, 0.3) is 6.01 Å². The molecule has 1 aliphatic heterocycles. The van der Waals surface area contributed by atoms with Gasteiger partial charge in [0, 0.05) is 13.7 Å². The summed E-state index contributed by atoms with van der Waals surface area (Å²) in [5, 5.41) is 8.88. The highest BCUT2D eigenvalue weighted by molar-refractivity contribution is 5.28. The highest BCUT2D eigenvalue weighted by Gasteiger charge is 2.30. The van der Waals surface area contributed by atoms with Crippen molar-refractivity contribution in [2.45, 2.75) is 32.1 Å². The van der Waals surface area contributed by atoms with Crippen LogP contribution in [0.1, 0.15) is 19.0 Å². The van der Waals surface area contributed by atoms with E-state index in [-0.39, 0.29) is 12.7 Å². The first-order valence-corrected chi connectivity index (χ1v) is 5.12. The molecule has 5 nitrogen and oxygen atoms in total. The Hall–Kier alpha value is -1.07. The van der Waals surface area contributed by atoms with Gasteiger partial charge in [0.2, 0.25) is 0 Å². The van der Waals surface area contributed by atoms with Crippen molar-refractivity contribution in [1.82, 2.24) is 4.98 Å². The Morgan fingerprint density at radius 3 is 3.00 bits per heavy atom. The summed E-state index contributed by atoms with van der Waals surface area (Å²) >= 11 is 0. The minimum absolute atomic E-state index is 0.0892. The number of hydrogen-bond donors (Lipinski definition) is 1. The average molecular weight is 212 g/mol. The van der Waals surface area contributed by atoms with Crippen LogP contribution in [0.15, 0.2) is 10.7 Å². The zero-order chi connectivity index (χ0) is 10.8. The molecule has 0 bridgehead atoms. The van der Waals surface area contributed by atoms with E-state index >= 15 is 0 Å². The first kappa shape index (κ1) is 10.4. The third kappa shape index (κ3) is 1.98. The van der Waals surface area contributed by atoms with Gasteiger partial charge in [0.15, 0.2) is 0 Å². The lowest BCUT2D eigenvalue weighted by Gasteiger charge is -2.24. The zero-order valence-corrected chi connectivity index (χ0v) is 9.01. The highest BCUT2D eigenvalue weighted by atomic mass is 16.5. The molecule has 0 spiro atoms. The van der Waals surface area contributed by atoms with Crippen LogP contribution in [0.4, 0.5) is 6.01 Å². The predicted molar refractivity (Wildman–Crippen MR) is 54.6 cm³/mol. The third-order valence-corrected chi connectivity index (χ3v) is 2.84. The molecule has 0 saturated carbocycles. The molecule has 1 fully saturated rings. The summed E-state index contributed by atoms with van der Waals surface area (Å²) in [5.74, 6) is 0. The van der Waals surface area contributed by atoms with E-state index in [1.54, 1.807) is 0 Å². The molecule has 15 heavy (non-hydrogen) atoms. The fourth-order valence-electron chi connectivity index (χ4n) is 1.90. The van der Waals surface area contributed by atoms with E-state index in [1.165, 1.54) is 6.26 Å². The normalized spacial score (nSPS) is 25.8. The molecule has 5 heteroatoms. The SMILES string of the molecule is CC1OCCC1N(C)c1nc(CO)co1. The summed E-state index contributed by atoms with van der Waals surface area (Å²) in [6.45, 7) is 2.74. The van der Waals surface area contributed by atoms with Crippen molar-refractivity contribution >= 4 is 6.01 Å². The molecule has 1 N–H and O–H groups in total. The molecule has 2 atom stereocenters. The number of aromatic nitrogens is 1. The molecule has 2 rings (SSSR count). The maximum atomic E-state index is 8.88. The number of anilines is 1. The smallest absolute Gasteiger partial charge is 0.297 e. The fourth-order valence-corrected chi connectivity index (χ4v) is 1.90. The van der Waals surface area contributed by atoms with Gasteiger partial charge in [-0.25, -0.2) is 0 Å². The summed E-state index contributed by atoms with van der Waals surface area (Å²) in [4.78, 5) is 6.13. The molecule has 1 aromatic heterocycles. The fraction of sp³-hybridized carbons (Fsp3) is 0.700. The van der Waals surface area contributed by atoms with Gasteiger partial charge in [-0.15, -0.1) is 0 Å². The van der Waals surface area contributed by atoms with Crippen molar-refractivity contribution in [1.29, 1.82) is 0 Å². The maximum Gasteiger partial charge on any atom is 0.297 e. The van der Waals surface area contributed by atoms with E-state index in [0.717, 1.165) is 13.0 Å². The molecular formula is C10H16N2O3. The first-order chi connectivity index (χ1) is 7.22. The number of ether oxygens (including phenoxy) is 1. The summed E-state index contributed by atoms with van der Waals surface area (Å²) in [6, 6.07) is 0.844. The Kier molecular flexibility index (Phi) is 2.93. The van der Waals surface area contributed by atoms with Gasteiger partial charge in [-0.1, -0.05) is 0 Å². The number of likely N-dealkylation sites (N-methyl/N-ethyl adjacent to an activating group) is 1. The molecule has 1 aromatic rings. The highest BCUT2D eigenvalue weighted by Crippen LogP contribution is 2.23. The lowest BCUT2D eigenvalue weighted by Crippen LogP contribution is -2.36. The van der Waals surface area contributed by atoms with E-state index in [1.807, 2.05) is 18.9 Å². The number of aliphatic hydroxyl groups excluding tert-OH is 1. The van der Waals surface area contributed by atoms with Crippen LogP contribution in [0.5, 0.6) is 0 Å². The second kappa shape index (κ2) is 4.20. The third-order valence-electron chi connectivity index (χ3n) is 2.84. The lowest BCUT2D eigenvalue weighted by atomic mass is 10.1. The minimum Gasteiger partial charge on any atom is -0.432 e. The molecule has 84 valence electrons. The van der Waals surface area contributed by atoms with Crippen LogP contribution in [0.3, 0.4) is 0 Å². The summed E-state index contributed by atoms with van der Waals surface area (Å²) < 4.78 is 10.8. The van der Waals surface area contributed by atoms with Crippen LogP contribution >= 0.6 is 0 Å². The Balaban J connectivity index is 2.09. The summed E-state index contributed by atoms with van der Waals surface area (Å²) in [7, 11) is 1.93. The van der Waals surface area contributed by atoms with E-state index in [0.29, 0.717) is 17.8 Å². The summed E-state index contributed by atoms with van der Waals surface area (Å²) in [6.07, 6.45) is 2.65. The van der Waals surface area contributed by atoms with Crippen LogP contribution in [-0.4, -0.2) is 35.9 Å². The van der Waals surface area contributed by atoms with Crippen LogP contribution in [-0.2, 0) is 11.3 Å². The number of rotatable bonds is 3. The Morgan fingerprint density at radius 1 is 1.67 bits per heavy atom. The van der Waals surface area contributed by atoms with Crippen molar-refractivity contribution < 1.29 is 14.3 Å². The van der Waals surface area contributed by atoms with Gasteiger partial charge in [0.1, 0.15) is 12.0 Å². The minimum atomic E-state index is -0.0892.